The van der Waals surface area contributed by atoms with Gasteiger partial charge in [0.15, 0.2) is 17.3 Å². The molecule has 0 unspecified atom stereocenters. The van der Waals surface area contributed by atoms with E-state index in [0.717, 1.165) is 0 Å². The number of hydrogen-bond acceptors (Lipinski definition) is 6. The molecule has 1 N–H and O–H groups in total. The van der Waals surface area contributed by atoms with E-state index >= 15 is 0 Å². The molecule has 0 atom stereocenters. The molecule has 0 radical (unpaired) electrons. The number of rotatable bonds is 5. The fourth-order valence-electron chi connectivity index (χ4n) is 2.77. The van der Waals surface area contributed by atoms with Crippen molar-refractivity contribution < 1.29 is 22.7 Å². The summed E-state index contributed by atoms with van der Waals surface area (Å²) >= 11 is 0. The zero-order valence-corrected chi connectivity index (χ0v) is 15.9. The minimum atomic E-state index is -3.73. The largest absolute Gasteiger partial charge is 0.493 e. The van der Waals surface area contributed by atoms with Crippen LogP contribution in [-0.4, -0.2) is 52.9 Å². The number of amidine groups is 1. The number of fused-ring (bicyclic) bond motifs is 1. The van der Waals surface area contributed by atoms with Crippen LogP contribution in [-0.2, 0) is 14.8 Å². The summed E-state index contributed by atoms with van der Waals surface area (Å²) < 4.78 is 38.4. The molecule has 9 heteroatoms. The van der Waals surface area contributed by atoms with E-state index in [0.29, 0.717) is 22.7 Å². The molecular formula is C18H19N3O5S. The third kappa shape index (κ3) is 3.72. The third-order valence-corrected chi connectivity index (χ3v) is 5.35. The number of sulfonamides is 1. The maximum absolute atomic E-state index is 12.4. The molecule has 2 aromatic carbocycles. The van der Waals surface area contributed by atoms with E-state index in [1.165, 1.54) is 25.2 Å². The Bertz CT molecular complexity index is 1020. The molecule has 0 fully saturated rings. The number of methoxy groups -OCH3 is 2. The van der Waals surface area contributed by atoms with Gasteiger partial charge in [-0.25, -0.2) is 0 Å². The first-order chi connectivity index (χ1) is 12.9. The van der Waals surface area contributed by atoms with E-state index in [-0.39, 0.29) is 23.2 Å². The van der Waals surface area contributed by atoms with E-state index < -0.39 is 10.0 Å². The molecule has 0 spiro atoms. The number of ether oxygens (including phenoxy) is 2. The van der Waals surface area contributed by atoms with Gasteiger partial charge in [0.25, 0.3) is 10.0 Å². The summed E-state index contributed by atoms with van der Waals surface area (Å²) in [6, 6.07) is 11.5. The van der Waals surface area contributed by atoms with Crippen molar-refractivity contribution in [3.63, 3.8) is 0 Å². The summed E-state index contributed by atoms with van der Waals surface area (Å²) in [5.74, 6) is 0.959. The Kier molecular flexibility index (Phi) is 5.04. The normalized spacial score (nSPS) is 14.1. The van der Waals surface area contributed by atoms with Crippen molar-refractivity contribution in [2.24, 2.45) is 4.40 Å². The SMILES string of the molecule is COc1ccc(NC(=O)CN(C)C2=NS(=O)(=O)c3ccccc32)cc1OC. The third-order valence-electron chi connectivity index (χ3n) is 4.02. The van der Waals surface area contributed by atoms with Crippen LogP contribution in [0.5, 0.6) is 11.5 Å². The van der Waals surface area contributed by atoms with Crippen LogP contribution in [0.2, 0.25) is 0 Å². The molecule has 0 aromatic heterocycles. The lowest BCUT2D eigenvalue weighted by Gasteiger charge is -2.18. The number of likely N-dealkylation sites (N-methyl/N-ethyl adjacent to an activating group) is 1. The molecule has 0 saturated carbocycles. The molecule has 1 aliphatic rings. The molecule has 2 aromatic rings. The van der Waals surface area contributed by atoms with E-state index in [1.807, 2.05) is 0 Å². The van der Waals surface area contributed by atoms with E-state index in [9.17, 15) is 13.2 Å². The second-order valence-corrected chi connectivity index (χ2v) is 7.43. The maximum atomic E-state index is 12.4. The van der Waals surface area contributed by atoms with Gasteiger partial charge >= 0.3 is 0 Å². The topological polar surface area (TPSA) is 97.3 Å². The quantitative estimate of drug-likeness (QED) is 0.836. The average molecular weight is 389 g/mol. The zero-order valence-electron chi connectivity index (χ0n) is 15.1. The molecule has 0 saturated heterocycles. The molecule has 0 bridgehead atoms. The second-order valence-electron chi connectivity index (χ2n) is 5.86. The first-order valence-corrected chi connectivity index (χ1v) is 9.47. The van der Waals surface area contributed by atoms with Crippen molar-refractivity contribution in [2.45, 2.75) is 4.90 Å². The van der Waals surface area contributed by atoms with Crippen LogP contribution in [0.15, 0.2) is 51.8 Å². The van der Waals surface area contributed by atoms with Gasteiger partial charge in [-0.15, -0.1) is 4.40 Å². The smallest absolute Gasteiger partial charge is 0.285 e. The fourth-order valence-corrected chi connectivity index (χ4v) is 4.02. The van der Waals surface area contributed by atoms with Crippen LogP contribution in [0.3, 0.4) is 0 Å². The fraction of sp³-hybridized carbons (Fsp3) is 0.222. The molecule has 1 amide bonds. The molecule has 3 rings (SSSR count). The van der Waals surface area contributed by atoms with Crippen LogP contribution in [0, 0.1) is 0 Å². The summed E-state index contributed by atoms with van der Waals surface area (Å²) in [4.78, 5) is 14.0. The highest BCUT2D eigenvalue weighted by atomic mass is 32.2. The van der Waals surface area contributed by atoms with Crippen LogP contribution < -0.4 is 14.8 Å². The lowest BCUT2D eigenvalue weighted by atomic mass is 10.2. The van der Waals surface area contributed by atoms with E-state index in [1.54, 1.807) is 43.4 Å². The Morgan fingerprint density at radius 2 is 1.81 bits per heavy atom. The number of anilines is 1. The van der Waals surface area contributed by atoms with Gasteiger partial charge in [0, 0.05) is 24.4 Å². The predicted molar refractivity (Wildman–Crippen MR) is 101 cm³/mol. The number of benzene rings is 2. The van der Waals surface area contributed by atoms with Crippen molar-refractivity contribution >= 4 is 27.5 Å². The number of carbonyl (C=O) groups is 1. The van der Waals surface area contributed by atoms with Crippen molar-refractivity contribution in [1.29, 1.82) is 0 Å². The van der Waals surface area contributed by atoms with Crippen molar-refractivity contribution in [1.82, 2.24) is 4.90 Å². The van der Waals surface area contributed by atoms with Crippen molar-refractivity contribution in [2.75, 3.05) is 33.1 Å². The van der Waals surface area contributed by atoms with Gasteiger partial charge in [0.05, 0.1) is 20.8 Å². The second kappa shape index (κ2) is 7.28. The molecule has 8 nitrogen and oxygen atoms in total. The summed E-state index contributed by atoms with van der Waals surface area (Å²) in [5.41, 5.74) is 1.02. The predicted octanol–water partition coefficient (Wildman–Crippen LogP) is 1.72. The molecule has 142 valence electrons. The minimum absolute atomic E-state index is 0.0724. The number of nitrogens with zero attached hydrogens (tertiary/aromatic N) is 2. The molecule has 0 aliphatic carbocycles. The monoisotopic (exact) mass is 389 g/mol. The number of hydrogen-bond donors (Lipinski definition) is 1. The summed E-state index contributed by atoms with van der Waals surface area (Å²) in [6.07, 6.45) is 0. The lowest BCUT2D eigenvalue weighted by molar-refractivity contribution is -0.116. The van der Waals surface area contributed by atoms with Crippen LogP contribution in [0.1, 0.15) is 5.56 Å². The minimum Gasteiger partial charge on any atom is -0.493 e. The molecular weight excluding hydrogens is 370 g/mol. The Hall–Kier alpha value is -3.07. The average Bonchev–Trinajstić information content (AvgIpc) is 2.93. The van der Waals surface area contributed by atoms with Gasteiger partial charge in [-0.1, -0.05) is 12.1 Å². The van der Waals surface area contributed by atoms with Gasteiger partial charge in [-0.3, -0.25) is 4.79 Å². The zero-order chi connectivity index (χ0) is 19.6. The highest BCUT2D eigenvalue weighted by Crippen LogP contribution is 2.30. The summed E-state index contributed by atoms with van der Waals surface area (Å²) in [6.45, 7) is -0.0724. The number of nitrogens with one attached hydrogen (secondary N) is 1. The lowest BCUT2D eigenvalue weighted by Crippen LogP contribution is -2.34. The van der Waals surface area contributed by atoms with Crippen LogP contribution in [0.4, 0.5) is 5.69 Å². The Morgan fingerprint density at radius 3 is 2.52 bits per heavy atom. The van der Waals surface area contributed by atoms with Crippen LogP contribution in [0.25, 0.3) is 0 Å². The van der Waals surface area contributed by atoms with Crippen molar-refractivity contribution in [3.05, 3.63) is 48.0 Å². The van der Waals surface area contributed by atoms with E-state index in [4.69, 9.17) is 9.47 Å². The maximum Gasteiger partial charge on any atom is 0.285 e. The Morgan fingerprint density at radius 1 is 1.11 bits per heavy atom. The Balaban J connectivity index is 1.74. The highest BCUT2D eigenvalue weighted by Gasteiger charge is 2.30. The number of amides is 1. The van der Waals surface area contributed by atoms with Gasteiger partial charge < -0.3 is 19.7 Å². The standard InChI is InChI=1S/C18H19N3O5S/c1-21(18-13-6-4-5-7-16(13)27(23,24)20-18)11-17(22)19-12-8-9-14(25-2)15(10-12)26-3/h4-10H,11H2,1-3H3,(H,19,22). The van der Waals surface area contributed by atoms with Gasteiger partial charge in [-0.2, -0.15) is 8.42 Å². The van der Waals surface area contributed by atoms with Gasteiger partial charge in [-0.05, 0) is 24.3 Å². The molecule has 27 heavy (non-hydrogen) atoms. The summed E-state index contributed by atoms with van der Waals surface area (Å²) in [5, 5.41) is 2.75. The van der Waals surface area contributed by atoms with Gasteiger partial charge in [0.1, 0.15) is 4.90 Å². The molecule has 1 heterocycles. The molecule has 1 aliphatic heterocycles. The Labute approximate surface area is 157 Å². The number of carbonyl (C=O) groups excluding carboxylic acids is 1. The van der Waals surface area contributed by atoms with Crippen LogP contribution >= 0.6 is 0 Å². The first-order valence-electron chi connectivity index (χ1n) is 8.03. The van der Waals surface area contributed by atoms with E-state index in [2.05, 4.69) is 9.71 Å². The van der Waals surface area contributed by atoms with Gasteiger partial charge in [0.2, 0.25) is 5.91 Å². The summed E-state index contributed by atoms with van der Waals surface area (Å²) in [7, 11) is 0.923. The first kappa shape index (κ1) is 18.7. The highest BCUT2D eigenvalue weighted by molar-refractivity contribution is 7.90. The van der Waals surface area contributed by atoms with Crippen molar-refractivity contribution in [3.8, 4) is 11.5 Å².